The monoisotopic (exact) mass is 437 g/mol. The maximum atomic E-state index is 13.5. The third-order valence-corrected chi connectivity index (χ3v) is 7.90. The van der Waals surface area contributed by atoms with Crippen LogP contribution in [0, 0.1) is 0 Å². The summed E-state index contributed by atoms with van der Waals surface area (Å²) < 4.78 is 39.4. The molecular weight excluding hydrogens is 414 g/mol. The van der Waals surface area contributed by atoms with E-state index < -0.39 is 22.2 Å². The van der Waals surface area contributed by atoms with Crippen molar-refractivity contribution < 1.29 is 23.0 Å². The molecule has 160 valence electrons. The highest BCUT2D eigenvalue weighted by Gasteiger charge is 2.43. The largest absolute Gasteiger partial charge is 0.454 e. The highest BCUT2D eigenvalue weighted by molar-refractivity contribution is 7.89. The van der Waals surface area contributed by atoms with Crippen LogP contribution in [0.3, 0.4) is 0 Å². The van der Waals surface area contributed by atoms with E-state index in [4.69, 9.17) is 9.47 Å². The van der Waals surface area contributed by atoms with Gasteiger partial charge in [0.1, 0.15) is 0 Å². The number of fused-ring (bicyclic) bond motifs is 2. The van der Waals surface area contributed by atoms with Crippen molar-refractivity contribution in [2.24, 2.45) is 0 Å². The Morgan fingerprint density at radius 3 is 2.48 bits per heavy atom. The summed E-state index contributed by atoms with van der Waals surface area (Å²) >= 11 is 0. The molecule has 0 radical (unpaired) electrons. The summed E-state index contributed by atoms with van der Waals surface area (Å²) in [7, 11) is -3.75. The van der Waals surface area contributed by atoms with Crippen molar-refractivity contribution in [1.29, 1.82) is 0 Å². The van der Waals surface area contributed by atoms with Gasteiger partial charge in [-0.15, -0.1) is 0 Å². The smallest absolute Gasteiger partial charge is 0.243 e. The summed E-state index contributed by atoms with van der Waals surface area (Å²) in [5.41, 5.74) is 2.38. The minimum Gasteiger partial charge on any atom is -0.454 e. The van der Waals surface area contributed by atoms with Gasteiger partial charge in [0.05, 0.1) is 17.0 Å². The summed E-state index contributed by atoms with van der Waals surface area (Å²) in [5.74, 6) is 1.31. The predicted octanol–water partition coefficient (Wildman–Crippen LogP) is 3.31. The number of nitrogens with zero attached hydrogens (tertiary/aromatic N) is 1. The van der Waals surface area contributed by atoms with Gasteiger partial charge in [0.15, 0.2) is 11.5 Å². The van der Waals surface area contributed by atoms with E-state index in [1.54, 1.807) is 24.3 Å². The van der Waals surface area contributed by atoms with E-state index in [1.165, 1.54) is 4.31 Å². The lowest BCUT2D eigenvalue weighted by Crippen LogP contribution is -2.49. The zero-order valence-electron chi connectivity index (χ0n) is 16.8. The highest BCUT2D eigenvalue weighted by atomic mass is 32.2. The maximum Gasteiger partial charge on any atom is 0.243 e. The normalized spacial score (nSPS) is 21.6. The summed E-state index contributed by atoms with van der Waals surface area (Å²) in [6.45, 7) is 0.461. The van der Waals surface area contributed by atoms with Crippen molar-refractivity contribution in [1.82, 2.24) is 4.31 Å². The molecule has 0 saturated carbocycles. The molecule has 3 aromatic carbocycles. The lowest BCUT2D eigenvalue weighted by atomic mass is 9.95. The third-order valence-electron chi connectivity index (χ3n) is 5.90. The van der Waals surface area contributed by atoms with E-state index in [-0.39, 0.29) is 18.2 Å². The van der Waals surface area contributed by atoms with E-state index in [1.807, 2.05) is 48.5 Å². The van der Waals surface area contributed by atoms with Crippen LogP contribution in [0.2, 0.25) is 0 Å². The molecule has 0 amide bonds. The van der Waals surface area contributed by atoms with Crippen LogP contribution in [0.1, 0.15) is 22.8 Å². The van der Waals surface area contributed by atoms with Crippen LogP contribution in [-0.4, -0.2) is 37.2 Å². The molecule has 5 rings (SSSR count). The number of sulfonamides is 1. The van der Waals surface area contributed by atoms with Crippen LogP contribution < -0.4 is 9.47 Å². The van der Waals surface area contributed by atoms with Crippen LogP contribution in [-0.2, 0) is 22.9 Å². The second-order valence-corrected chi connectivity index (χ2v) is 9.65. The number of aliphatic hydroxyl groups is 1. The minimum absolute atomic E-state index is 0.176. The van der Waals surface area contributed by atoms with Crippen LogP contribution in [0.15, 0.2) is 77.7 Å². The molecule has 2 aliphatic rings. The van der Waals surface area contributed by atoms with Gasteiger partial charge in [0, 0.05) is 12.1 Å². The van der Waals surface area contributed by atoms with Gasteiger partial charge >= 0.3 is 0 Å². The number of hydrogen-bond acceptors (Lipinski definition) is 5. The second-order valence-electron chi connectivity index (χ2n) is 7.79. The van der Waals surface area contributed by atoms with Gasteiger partial charge in [-0.3, -0.25) is 0 Å². The molecule has 7 heteroatoms. The molecule has 6 nitrogen and oxygen atoms in total. The van der Waals surface area contributed by atoms with Crippen molar-refractivity contribution in [2.45, 2.75) is 29.9 Å². The second kappa shape index (κ2) is 8.00. The van der Waals surface area contributed by atoms with Crippen LogP contribution in [0.25, 0.3) is 0 Å². The molecule has 0 saturated heterocycles. The van der Waals surface area contributed by atoms with Crippen LogP contribution >= 0.6 is 0 Å². The highest BCUT2D eigenvalue weighted by Crippen LogP contribution is 2.39. The summed E-state index contributed by atoms with van der Waals surface area (Å²) in [6, 6.07) is 21.4. The van der Waals surface area contributed by atoms with Crippen molar-refractivity contribution in [3.8, 4) is 11.5 Å². The average Bonchev–Trinajstić information content (AvgIpc) is 3.26. The Labute approximate surface area is 181 Å². The summed E-state index contributed by atoms with van der Waals surface area (Å²) in [5, 5.41) is 11.2. The van der Waals surface area contributed by atoms with Gasteiger partial charge < -0.3 is 14.6 Å². The number of hydrogen-bond donors (Lipinski definition) is 1. The van der Waals surface area contributed by atoms with E-state index in [2.05, 4.69) is 0 Å². The Bertz CT molecular complexity index is 1200. The van der Waals surface area contributed by atoms with Crippen molar-refractivity contribution in [3.63, 3.8) is 0 Å². The predicted molar refractivity (Wildman–Crippen MR) is 115 cm³/mol. The molecule has 2 heterocycles. The molecule has 3 aromatic rings. The molecule has 31 heavy (non-hydrogen) atoms. The maximum absolute atomic E-state index is 13.5. The van der Waals surface area contributed by atoms with Gasteiger partial charge in [-0.1, -0.05) is 54.6 Å². The number of rotatable bonds is 5. The van der Waals surface area contributed by atoms with Crippen molar-refractivity contribution in [3.05, 3.63) is 89.5 Å². The molecule has 0 aromatic heterocycles. The molecule has 0 spiro atoms. The van der Waals surface area contributed by atoms with Crippen LogP contribution in [0.4, 0.5) is 0 Å². The first-order chi connectivity index (χ1) is 15.0. The van der Waals surface area contributed by atoms with Gasteiger partial charge in [-0.2, -0.15) is 4.31 Å². The van der Waals surface area contributed by atoms with E-state index >= 15 is 0 Å². The van der Waals surface area contributed by atoms with Crippen LogP contribution in [0.5, 0.6) is 11.5 Å². The lowest BCUT2D eigenvalue weighted by Gasteiger charge is -2.39. The van der Waals surface area contributed by atoms with E-state index in [9.17, 15) is 13.5 Å². The quantitative estimate of drug-likeness (QED) is 0.663. The topological polar surface area (TPSA) is 76.1 Å². The molecule has 2 unspecified atom stereocenters. The Kier molecular flexibility index (Phi) is 5.17. The van der Waals surface area contributed by atoms with Gasteiger partial charge in [0.2, 0.25) is 16.8 Å². The molecule has 2 aliphatic heterocycles. The Morgan fingerprint density at radius 1 is 0.903 bits per heavy atom. The fraction of sp³-hybridized carbons (Fsp3) is 0.250. The average molecular weight is 438 g/mol. The standard InChI is InChI=1S/C24H23NO5S/c26-24-19-8-4-5-9-23(19)31(27,28)25(13-12-17-6-2-1-3-7-17)20(24)14-18-10-11-21-22(15-18)30-16-29-21/h1-11,15,20,24,26H,12-14,16H2. The van der Waals surface area contributed by atoms with Crippen molar-refractivity contribution >= 4 is 10.0 Å². The zero-order chi connectivity index (χ0) is 21.4. The fourth-order valence-electron chi connectivity index (χ4n) is 4.32. The first-order valence-electron chi connectivity index (χ1n) is 10.3. The van der Waals surface area contributed by atoms with Crippen molar-refractivity contribution in [2.75, 3.05) is 13.3 Å². The number of benzene rings is 3. The van der Waals surface area contributed by atoms with E-state index in [0.29, 0.717) is 29.9 Å². The summed E-state index contributed by atoms with van der Waals surface area (Å²) in [4.78, 5) is 0.178. The molecular formula is C24H23NO5S. The molecule has 0 aliphatic carbocycles. The molecule has 0 fully saturated rings. The fourth-order valence-corrected chi connectivity index (χ4v) is 6.19. The van der Waals surface area contributed by atoms with E-state index in [0.717, 1.165) is 11.1 Å². The SMILES string of the molecule is O=S1(=O)c2ccccc2C(O)C(Cc2ccc3c(c2)OCO3)N1CCc1ccccc1. The Hall–Kier alpha value is -2.87. The van der Waals surface area contributed by atoms with Gasteiger partial charge in [0.25, 0.3) is 0 Å². The molecule has 0 bridgehead atoms. The number of ether oxygens (including phenoxy) is 2. The zero-order valence-corrected chi connectivity index (χ0v) is 17.7. The molecule has 2 atom stereocenters. The molecule has 1 N–H and O–H groups in total. The minimum atomic E-state index is -3.75. The number of aliphatic hydroxyl groups excluding tert-OH is 1. The van der Waals surface area contributed by atoms with Gasteiger partial charge in [-0.05, 0) is 42.2 Å². The lowest BCUT2D eigenvalue weighted by molar-refractivity contribution is 0.0800. The Balaban J connectivity index is 1.51. The Morgan fingerprint density at radius 2 is 1.65 bits per heavy atom. The van der Waals surface area contributed by atoms with Gasteiger partial charge in [-0.25, -0.2) is 8.42 Å². The first kappa shape index (κ1) is 20.1. The summed E-state index contributed by atoms with van der Waals surface area (Å²) in [6.07, 6.45) is -0.00633. The first-order valence-corrected chi connectivity index (χ1v) is 11.7. The third kappa shape index (κ3) is 3.69.